The molecule has 222 valence electrons. The number of nitrogens with one attached hydrogen (secondary N) is 1. The molecule has 0 aliphatic carbocycles. The number of carbonyl (C=O) groups excluding carboxylic acids is 1. The van der Waals surface area contributed by atoms with Crippen LogP contribution in [0.15, 0.2) is 56.7 Å². The molecule has 1 aliphatic heterocycles. The minimum atomic E-state index is -4.70. The van der Waals surface area contributed by atoms with Gasteiger partial charge in [0.05, 0.1) is 29.0 Å². The number of likely N-dealkylation sites (tertiary alicyclic amines) is 1. The number of carboxylic acids is 2. The smallest absolute Gasteiger partial charge is 0.326 e. The number of hydrogen-bond donors (Lipinski definition) is 5. The molecule has 1 heterocycles. The van der Waals surface area contributed by atoms with Crippen molar-refractivity contribution in [1.82, 2.24) is 10.2 Å². The van der Waals surface area contributed by atoms with Crippen LogP contribution in [0.3, 0.4) is 0 Å². The largest absolute Gasteiger partial charge is 0.480 e. The molecule has 1 saturated heterocycles. The van der Waals surface area contributed by atoms with Gasteiger partial charge in [0.25, 0.3) is 10.0 Å². The van der Waals surface area contributed by atoms with Gasteiger partial charge in [0.15, 0.2) is 0 Å². The Morgan fingerprint density at radius 2 is 1.76 bits per heavy atom. The normalized spacial score (nSPS) is 18.3. The lowest BCUT2D eigenvalue weighted by Crippen LogP contribution is -2.53. The van der Waals surface area contributed by atoms with Crippen molar-refractivity contribution < 1.29 is 41.4 Å². The van der Waals surface area contributed by atoms with E-state index < -0.39 is 89.5 Å². The first kappa shape index (κ1) is 32.0. The van der Waals surface area contributed by atoms with Gasteiger partial charge in [0.2, 0.25) is 15.9 Å². The second kappa shape index (κ2) is 12.5. The Labute approximate surface area is 241 Å². The van der Waals surface area contributed by atoms with E-state index in [4.69, 9.17) is 22.5 Å². The number of rotatable bonds is 11. The molecule has 1 amide bonds. The van der Waals surface area contributed by atoms with Gasteiger partial charge in [-0.05, 0) is 37.5 Å². The van der Waals surface area contributed by atoms with Crippen molar-refractivity contribution >= 4 is 60.9 Å². The lowest BCUT2D eigenvalue weighted by atomic mass is 10.0. The topological polar surface area (TPSA) is 240 Å². The first-order valence-corrected chi connectivity index (χ1v) is 15.4. The van der Waals surface area contributed by atoms with Crippen LogP contribution < -0.4 is 16.2 Å². The summed E-state index contributed by atoms with van der Waals surface area (Å²) in [6.45, 7) is 0.867. The van der Waals surface area contributed by atoms with E-state index >= 15 is 0 Å². The zero-order valence-corrected chi connectivity index (χ0v) is 24.0. The maximum absolute atomic E-state index is 13.2. The molecule has 0 bridgehead atoms. The molecule has 2 aromatic carbocycles. The zero-order valence-electron chi connectivity index (χ0n) is 21.6. The fourth-order valence-corrected chi connectivity index (χ4v) is 6.64. The molecule has 1 fully saturated rings. The first-order chi connectivity index (χ1) is 19.0. The Balaban J connectivity index is 1.83. The van der Waals surface area contributed by atoms with Crippen molar-refractivity contribution in [3.8, 4) is 0 Å². The molecule has 14 nitrogen and oxygen atoms in total. The summed E-state index contributed by atoms with van der Waals surface area (Å²) in [7, 11) is -9.12. The first-order valence-electron chi connectivity index (χ1n) is 12.0. The van der Waals surface area contributed by atoms with E-state index in [1.165, 1.54) is 6.92 Å². The highest BCUT2D eigenvalue weighted by atomic mass is 35.5. The van der Waals surface area contributed by atoms with Gasteiger partial charge in [0.1, 0.15) is 21.9 Å². The number of carboxylic acid groups (broad SMARTS) is 2. The van der Waals surface area contributed by atoms with Gasteiger partial charge in [-0.1, -0.05) is 41.9 Å². The monoisotopic (exact) mass is 629 g/mol. The number of nitrogens with two attached hydrogens (primary N) is 2. The van der Waals surface area contributed by atoms with E-state index in [2.05, 4.69) is 9.71 Å². The molecule has 41 heavy (non-hydrogen) atoms. The highest BCUT2D eigenvalue weighted by Gasteiger charge is 2.41. The molecule has 3 atom stereocenters. The van der Waals surface area contributed by atoms with Crippen LogP contribution in [-0.2, 0) is 40.9 Å². The molecule has 7 N–H and O–H groups in total. The molecule has 1 aliphatic rings. The van der Waals surface area contributed by atoms with E-state index in [1.807, 2.05) is 30.3 Å². The Bertz CT molecular complexity index is 1600. The molecule has 0 aromatic heterocycles. The van der Waals surface area contributed by atoms with Crippen molar-refractivity contribution in [2.24, 2.45) is 9.54 Å². The van der Waals surface area contributed by atoms with E-state index in [1.54, 1.807) is 0 Å². The van der Waals surface area contributed by atoms with Gasteiger partial charge in [-0.15, -0.1) is 0 Å². The summed E-state index contributed by atoms with van der Waals surface area (Å²) in [6, 6.07) is 6.86. The summed E-state index contributed by atoms with van der Waals surface area (Å²) in [5, 5.41) is 26.7. The summed E-state index contributed by atoms with van der Waals surface area (Å²) in [5.74, 6) is -3.42. The summed E-state index contributed by atoms with van der Waals surface area (Å²) >= 11 is 5.98. The third-order valence-electron chi connectivity index (χ3n) is 6.31. The standard InChI is InChI=1S/C24H28ClN5O9S2/c1-13(28-18(23(32)33)8-7-14-5-3-2-4-6-14)22(31)30-12-15(9-19(30)24(34)35)29-41(38,39)20-11-21(40(27,36)37)17(26)10-16(20)25/h2-6,10-11,13,18-19,28H,7-9,12,26H2,1H3,(H,32,33)(H,34,35)(H2,27,36,37)/b29-15+/t13-,18-,19?/m0/s1. The van der Waals surface area contributed by atoms with Crippen LogP contribution in [0.2, 0.25) is 5.02 Å². The SMILES string of the molecule is C[C@H](N[C@@H](CCc1ccccc1)C(=O)O)C(=O)N1C/C(=N/S(=O)(=O)c2cc(S(N)(=O)=O)c(N)cc2Cl)CC1C(=O)O. The highest BCUT2D eigenvalue weighted by molar-refractivity contribution is 7.90. The van der Waals surface area contributed by atoms with Crippen LogP contribution >= 0.6 is 11.6 Å². The third kappa shape index (κ3) is 7.80. The number of hydrogen-bond acceptors (Lipinski definition) is 9. The van der Waals surface area contributed by atoms with Gasteiger partial charge >= 0.3 is 11.9 Å². The summed E-state index contributed by atoms with van der Waals surface area (Å²) in [6.07, 6.45) is 0.0911. The van der Waals surface area contributed by atoms with Crippen LogP contribution in [0.25, 0.3) is 0 Å². The number of carbonyl (C=O) groups is 3. The minimum Gasteiger partial charge on any atom is -0.480 e. The van der Waals surface area contributed by atoms with Gasteiger partial charge in [-0.2, -0.15) is 12.8 Å². The number of primary sulfonamides is 1. The van der Waals surface area contributed by atoms with Crippen LogP contribution in [-0.4, -0.2) is 80.2 Å². The lowest BCUT2D eigenvalue weighted by molar-refractivity contribution is -0.149. The minimum absolute atomic E-state index is 0.146. The van der Waals surface area contributed by atoms with Gasteiger partial charge in [0, 0.05) is 6.42 Å². The Morgan fingerprint density at radius 1 is 1.12 bits per heavy atom. The summed E-state index contributed by atoms with van der Waals surface area (Å²) in [5.41, 5.74) is 5.87. The summed E-state index contributed by atoms with van der Waals surface area (Å²) < 4.78 is 53.2. The van der Waals surface area contributed by atoms with Crippen LogP contribution in [0, 0.1) is 0 Å². The van der Waals surface area contributed by atoms with Crippen LogP contribution in [0.1, 0.15) is 25.3 Å². The highest BCUT2D eigenvalue weighted by Crippen LogP contribution is 2.31. The number of anilines is 1. The zero-order chi connectivity index (χ0) is 30.7. The predicted octanol–water partition coefficient (Wildman–Crippen LogP) is 0.449. The quantitative estimate of drug-likeness (QED) is 0.214. The maximum Gasteiger partial charge on any atom is 0.326 e. The number of amides is 1. The second-order valence-electron chi connectivity index (χ2n) is 9.33. The van der Waals surface area contributed by atoms with Crippen molar-refractivity contribution in [2.75, 3.05) is 12.3 Å². The van der Waals surface area contributed by atoms with Crippen molar-refractivity contribution in [3.63, 3.8) is 0 Å². The van der Waals surface area contributed by atoms with E-state index in [9.17, 15) is 41.4 Å². The van der Waals surface area contributed by atoms with Gasteiger partial charge in [-0.3, -0.25) is 14.9 Å². The molecule has 17 heteroatoms. The molecular weight excluding hydrogens is 602 g/mol. The van der Waals surface area contributed by atoms with Crippen LogP contribution in [0.4, 0.5) is 5.69 Å². The molecule has 3 rings (SSSR count). The summed E-state index contributed by atoms with van der Waals surface area (Å²) in [4.78, 5) is 36.4. The number of nitrogen functional groups attached to an aromatic ring is 1. The fourth-order valence-electron chi connectivity index (χ4n) is 4.29. The Kier molecular flexibility index (Phi) is 9.76. The number of halogens is 1. The average Bonchev–Trinajstić information content (AvgIpc) is 3.28. The number of nitrogens with zero attached hydrogens (tertiary/aromatic N) is 2. The maximum atomic E-state index is 13.2. The van der Waals surface area contributed by atoms with E-state index in [0.717, 1.165) is 16.5 Å². The third-order valence-corrected chi connectivity index (χ3v) is 9.09. The Hall–Kier alpha value is -3.57. The van der Waals surface area contributed by atoms with Gasteiger partial charge < -0.3 is 20.8 Å². The molecule has 0 spiro atoms. The number of aliphatic carboxylic acids is 2. The van der Waals surface area contributed by atoms with Crippen molar-refractivity contribution in [1.29, 1.82) is 0 Å². The number of sulfonamides is 2. The second-order valence-corrected chi connectivity index (χ2v) is 12.8. The van der Waals surface area contributed by atoms with Crippen LogP contribution in [0.5, 0.6) is 0 Å². The average molecular weight is 630 g/mol. The number of benzene rings is 2. The molecular formula is C24H28ClN5O9S2. The van der Waals surface area contributed by atoms with Crippen molar-refractivity contribution in [2.45, 2.75) is 54.1 Å². The van der Waals surface area contributed by atoms with E-state index in [-0.39, 0.29) is 12.1 Å². The lowest BCUT2D eigenvalue weighted by Gasteiger charge is -2.26. The van der Waals surface area contributed by atoms with Gasteiger partial charge in [-0.25, -0.2) is 18.4 Å². The number of aryl methyl sites for hydroxylation is 1. The molecule has 0 radical (unpaired) electrons. The Morgan fingerprint density at radius 3 is 2.32 bits per heavy atom. The van der Waals surface area contributed by atoms with Crippen molar-refractivity contribution in [3.05, 3.63) is 53.1 Å². The molecule has 1 unspecified atom stereocenters. The fraction of sp³-hybridized carbons (Fsp3) is 0.333. The molecule has 2 aromatic rings. The molecule has 0 saturated carbocycles. The van der Waals surface area contributed by atoms with E-state index in [0.29, 0.717) is 12.5 Å². The predicted molar refractivity (Wildman–Crippen MR) is 148 cm³/mol.